The van der Waals surface area contributed by atoms with E-state index in [0.717, 1.165) is 21.8 Å². The molecule has 90 valence electrons. The summed E-state index contributed by atoms with van der Waals surface area (Å²) in [5.74, 6) is 0. The fourth-order valence-electron chi connectivity index (χ4n) is 1.54. The van der Waals surface area contributed by atoms with Crippen LogP contribution in [0.1, 0.15) is 11.3 Å². The van der Waals surface area contributed by atoms with E-state index >= 15 is 0 Å². The molecule has 0 saturated heterocycles. The van der Waals surface area contributed by atoms with Crippen LogP contribution in [0.4, 0.5) is 5.13 Å². The highest BCUT2D eigenvalue weighted by atomic mass is 79.9. The smallest absolute Gasteiger partial charge is 0.185 e. The first-order valence-electron chi connectivity index (χ1n) is 5.29. The molecule has 0 aliphatic heterocycles. The lowest BCUT2D eigenvalue weighted by molar-refractivity contribution is 0.900. The number of rotatable bonds is 4. The molecule has 2 rings (SSSR count). The Bertz CT molecular complexity index is 498. The molecule has 17 heavy (non-hydrogen) atoms. The van der Waals surface area contributed by atoms with E-state index in [9.17, 15) is 0 Å². The van der Waals surface area contributed by atoms with Crippen LogP contribution < -0.4 is 10.6 Å². The SMILES string of the molecule is CN(Cc1cccc(Br)c1)c1nc(CN)cs1. The Morgan fingerprint density at radius 1 is 1.47 bits per heavy atom. The van der Waals surface area contributed by atoms with Crippen molar-refractivity contribution in [3.63, 3.8) is 0 Å². The van der Waals surface area contributed by atoms with Crippen LogP contribution in [0.2, 0.25) is 0 Å². The third-order valence-electron chi connectivity index (χ3n) is 2.38. The third kappa shape index (κ3) is 3.28. The number of halogens is 1. The number of hydrogen-bond donors (Lipinski definition) is 1. The van der Waals surface area contributed by atoms with Crippen LogP contribution in [0.15, 0.2) is 34.1 Å². The van der Waals surface area contributed by atoms with Gasteiger partial charge in [0, 0.05) is 30.0 Å². The molecule has 1 aromatic heterocycles. The molecule has 2 N–H and O–H groups in total. The third-order valence-corrected chi connectivity index (χ3v) is 3.88. The van der Waals surface area contributed by atoms with Gasteiger partial charge in [0.05, 0.1) is 5.69 Å². The summed E-state index contributed by atoms with van der Waals surface area (Å²) in [5.41, 5.74) is 7.76. The fourth-order valence-corrected chi connectivity index (χ4v) is 2.79. The number of nitrogens with zero attached hydrogens (tertiary/aromatic N) is 2. The maximum atomic E-state index is 5.56. The summed E-state index contributed by atoms with van der Waals surface area (Å²) in [6.07, 6.45) is 0. The van der Waals surface area contributed by atoms with E-state index in [4.69, 9.17) is 5.73 Å². The highest BCUT2D eigenvalue weighted by Gasteiger charge is 2.07. The summed E-state index contributed by atoms with van der Waals surface area (Å²) in [5, 5.41) is 3.01. The van der Waals surface area contributed by atoms with Crippen LogP contribution in [0, 0.1) is 0 Å². The van der Waals surface area contributed by atoms with E-state index in [-0.39, 0.29) is 0 Å². The first kappa shape index (κ1) is 12.5. The van der Waals surface area contributed by atoms with Crippen molar-refractivity contribution < 1.29 is 0 Å². The topological polar surface area (TPSA) is 42.2 Å². The van der Waals surface area contributed by atoms with Crippen LogP contribution in [0.5, 0.6) is 0 Å². The summed E-state index contributed by atoms with van der Waals surface area (Å²) < 4.78 is 1.10. The molecule has 0 aliphatic rings. The van der Waals surface area contributed by atoms with Crippen molar-refractivity contribution >= 4 is 32.4 Å². The molecule has 0 unspecified atom stereocenters. The standard InChI is InChI=1S/C12H14BrN3S/c1-16(12-15-11(6-14)8-17-12)7-9-3-2-4-10(13)5-9/h2-5,8H,6-7,14H2,1H3. The van der Waals surface area contributed by atoms with Crippen molar-refractivity contribution in [2.75, 3.05) is 11.9 Å². The second-order valence-corrected chi connectivity index (χ2v) is 5.56. The average molecular weight is 312 g/mol. The first-order chi connectivity index (χ1) is 8.19. The van der Waals surface area contributed by atoms with Crippen LogP contribution in [0.25, 0.3) is 0 Å². The van der Waals surface area contributed by atoms with Crippen molar-refractivity contribution in [1.29, 1.82) is 0 Å². The molecule has 1 heterocycles. The van der Waals surface area contributed by atoms with Crippen molar-refractivity contribution in [2.24, 2.45) is 5.73 Å². The Labute approximate surface area is 113 Å². The van der Waals surface area contributed by atoms with Gasteiger partial charge in [-0.15, -0.1) is 11.3 Å². The summed E-state index contributed by atoms with van der Waals surface area (Å²) in [6, 6.07) is 8.30. The molecule has 0 fully saturated rings. The highest BCUT2D eigenvalue weighted by Crippen LogP contribution is 2.21. The van der Waals surface area contributed by atoms with Crippen molar-refractivity contribution in [1.82, 2.24) is 4.98 Å². The zero-order valence-corrected chi connectivity index (χ0v) is 12.0. The molecule has 1 aromatic carbocycles. The number of benzene rings is 1. The Morgan fingerprint density at radius 3 is 2.94 bits per heavy atom. The maximum absolute atomic E-state index is 5.56. The quantitative estimate of drug-likeness (QED) is 0.944. The minimum Gasteiger partial charge on any atom is -0.347 e. The van der Waals surface area contributed by atoms with Crippen LogP contribution in [-0.4, -0.2) is 12.0 Å². The van der Waals surface area contributed by atoms with Gasteiger partial charge in [-0.3, -0.25) is 0 Å². The number of nitrogens with two attached hydrogens (primary N) is 1. The Balaban J connectivity index is 2.08. The van der Waals surface area contributed by atoms with E-state index in [1.54, 1.807) is 11.3 Å². The van der Waals surface area contributed by atoms with Crippen LogP contribution in [-0.2, 0) is 13.1 Å². The molecule has 2 aromatic rings. The van der Waals surface area contributed by atoms with E-state index in [2.05, 4.69) is 37.9 Å². The van der Waals surface area contributed by atoms with Gasteiger partial charge >= 0.3 is 0 Å². The van der Waals surface area contributed by atoms with Gasteiger partial charge in [0.25, 0.3) is 0 Å². The number of thiazole rings is 1. The fraction of sp³-hybridized carbons (Fsp3) is 0.250. The van der Waals surface area contributed by atoms with Gasteiger partial charge in [0.2, 0.25) is 0 Å². The second kappa shape index (κ2) is 5.62. The molecule has 0 bridgehead atoms. The normalized spacial score (nSPS) is 10.5. The minimum atomic E-state index is 0.501. The summed E-state index contributed by atoms with van der Waals surface area (Å²) in [4.78, 5) is 6.59. The Kier molecular flexibility index (Phi) is 4.15. The van der Waals surface area contributed by atoms with Crippen molar-refractivity contribution in [3.8, 4) is 0 Å². The second-order valence-electron chi connectivity index (χ2n) is 3.81. The van der Waals surface area contributed by atoms with Gasteiger partial charge in [-0.1, -0.05) is 28.1 Å². The van der Waals surface area contributed by atoms with Crippen molar-refractivity contribution in [3.05, 3.63) is 45.4 Å². The Hall–Kier alpha value is -0.910. The zero-order valence-electron chi connectivity index (χ0n) is 9.56. The van der Waals surface area contributed by atoms with Crippen molar-refractivity contribution in [2.45, 2.75) is 13.1 Å². The first-order valence-corrected chi connectivity index (χ1v) is 6.96. The van der Waals surface area contributed by atoms with Gasteiger partial charge < -0.3 is 10.6 Å². The highest BCUT2D eigenvalue weighted by molar-refractivity contribution is 9.10. The number of hydrogen-bond acceptors (Lipinski definition) is 4. The number of aromatic nitrogens is 1. The minimum absolute atomic E-state index is 0.501. The summed E-state index contributed by atoms with van der Waals surface area (Å²) >= 11 is 5.10. The van der Waals surface area contributed by atoms with E-state index < -0.39 is 0 Å². The monoisotopic (exact) mass is 311 g/mol. The summed E-state index contributed by atoms with van der Waals surface area (Å²) in [6.45, 7) is 1.35. The summed E-state index contributed by atoms with van der Waals surface area (Å²) in [7, 11) is 2.04. The van der Waals surface area contributed by atoms with Gasteiger partial charge in [0.1, 0.15) is 0 Å². The molecule has 0 saturated carbocycles. The number of anilines is 1. The van der Waals surface area contributed by atoms with Gasteiger partial charge in [-0.05, 0) is 17.7 Å². The zero-order chi connectivity index (χ0) is 12.3. The van der Waals surface area contributed by atoms with Crippen LogP contribution in [0.3, 0.4) is 0 Å². The van der Waals surface area contributed by atoms with E-state index in [0.29, 0.717) is 6.54 Å². The molecule has 0 aliphatic carbocycles. The molecule has 0 atom stereocenters. The Morgan fingerprint density at radius 2 is 2.29 bits per heavy atom. The molecule has 0 amide bonds. The van der Waals surface area contributed by atoms with Gasteiger partial charge in [0.15, 0.2) is 5.13 Å². The molecule has 5 heteroatoms. The molecule has 3 nitrogen and oxygen atoms in total. The molecular weight excluding hydrogens is 298 g/mol. The lowest BCUT2D eigenvalue weighted by Crippen LogP contribution is -2.16. The predicted molar refractivity (Wildman–Crippen MR) is 76.3 cm³/mol. The van der Waals surface area contributed by atoms with Gasteiger partial charge in [-0.2, -0.15) is 0 Å². The average Bonchev–Trinajstić information content (AvgIpc) is 2.77. The largest absolute Gasteiger partial charge is 0.347 e. The molecule has 0 radical (unpaired) electrons. The maximum Gasteiger partial charge on any atom is 0.185 e. The van der Waals surface area contributed by atoms with Crippen LogP contribution >= 0.6 is 27.3 Å². The lowest BCUT2D eigenvalue weighted by Gasteiger charge is -2.15. The predicted octanol–water partition coefficient (Wildman–Crippen LogP) is 3.00. The molecular formula is C12H14BrN3S. The van der Waals surface area contributed by atoms with E-state index in [1.165, 1.54) is 5.56 Å². The van der Waals surface area contributed by atoms with E-state index in [1.807, 2.05) is 24.6 Å². The lowest BCUT2D eigenvalue weighted by atomic mass is 10.2. The molecule has 0 spiro atoms. The van der Waals surface area contributed by atoms with Gasteiger partial charge in [-0.25, -0.2) is 4.98 Å².